The molecule has 1 saturated heterocycles. The Morgan fingerprint density at radius 1 is 0.974 bits per heavy atom. The highest BCUT2D eigenvalue weighted by Crippen LogP contribution is 2.33. The first-order chi connectivity index (χ1) is 18.3. The number of nitrogens with zero attached hydrogens (tertiary/aromatic N) is 2. The number of halogens is 2. The molecule has 0 spiro atoms. The van der Waals surface area contributed by atoms with Crippen LogP contribution in [0, 0.1) is 0 Å². The number of carbonyl (C=O) groups is 2. The molecule has 7 nitrogen and oxygen atoms in total. The zero-order valence-corrected chi connectivity index (χ0v) is 23.0. The van der Waals surface area contributed by atoms with Crippen LogP contribution in [-0.4, -0.2) is 42.2 Å². The van der Waals surface area contributed by atoms with Crippen LogP contribution >= 0.6 is 35.4 Å². The number of methoxy groups -OCH3 is 1. The van der Waals surface area contributed by atoms with E-state index in [2.05, 4.69) is 0 Å². The molecule has 10 heteroatoms. The molecule has 0 bridgehead atoms. The molecule has 0 N–H and O–H groups in total. The molecule has 1 amide bonds. The van der Waals surface area contributed by atoms with Crippen LogP contribution in [-0.2, 0) is 20.9 Å². The third kappa shape index (κ3) is 6.27. The lowest BCUT2D eigenvalue weighted by atomic mass is 10.1. The van der Waals surface area contributed by atoms with Gasteiger partial charge in [0.1, 0.15) is 18.8 Å². The van der Waals surface area contributed by atoms with Gasteiger partial charge in [-0.05, 0) is 84.9 Å². The van der Waals surface area contributed by atoms with Gasteiger partial charge in [0.25, 0.3) is 5.91 Å². The fourth-order valence-electron chi connectivity index (χ4n) is 3.79. The number of rotatable bonds is 9. The third-order valence-corrected chi connectivity index (χ3v) is 6.48. The fraction of sp³-hybridized carbons (Fsp3) is 0.179. The summed E-state index contributed by atoms with van der Waals surface area (Å²) < 4.78 is 16.6. The molecule has 1 aliphatic rings. The molecule has 196 valence electrons. The number of ether oxygens (including phenoxy) is 3. The molecule has 3 aromatic rings. The van der Waals surface area contributed by atoms with E-state index < -0.39 is 5.97 Å². The Bertz CT molecular complexity index is 1390. The van der Waals surface area contributed by atoms with Crippen LogP contribution in [0.3, 0.4) is 0 Å². The smallest absolute Gasteiger partial charge is 0.325 e. The van der Waals surface area contributed by atoms with Crippen molar-refractivity contribution in [2.45, 2.75) is 13.5 Å². The number of benzene rings is 3. The Balaban J connectivity index is 1.66. The SMILES string of the molecule is CCOc1cc(/C=C2/C(=O)N(c3ccc(Cl)cc3)C(=S)N2CC(=O)OC)ccc1OCc1cccc(Cl)c1. The van der Waals surface area contributed by atoms with Crippen molar-refractivity contribution in [3.05, 3.63) is 93.6 Å². The molecule has 4 rings (SSSR count). The van der Waals surface area contributed by atoms with Crippen LogP contribution in [0.25, 0.3) is 6.08 Å². The van der Waals surface area contributed by atoms with E-state index in [4.69, 9.17) is 49.6 Å². The van der Waals surface area contributed by atoms with Crippen LogP contribution in [0.4, 0.5) is 5.69 Å². The second kappa shape index (κ2) is 12.3. The Morgan fingerprint density at radius 2 is 1.74 bits per heavy atom. The number of thiocarbonyl (C=S) groups is 1. The lowest BCUT2D eigenvalue weighted by Gasteiger charge is -2.19. The van der Waals surface area contributed by atoms with Crippen molar-refractivity contribution < 1.29 is 23.8 Å². The van der Waals surface area contributed by atoms with Gasteiger partial charge in [-0.1, -0.05) is 41.4 Å². The van der Waals surface area contributed by atoms with Gasteiger partial charge < -0.3 is 19.1 Å². The van der Waals surface area contributed by atoms with Crippen LogP contribution in [0.5, 0.6) is 11.5 Å². The summed E-state index contributed by atoms with van der Waals surface area (Å²) in [5.74, 6) is 0.117. The minimum atomic E-state index is -0.538. The number of anilines is 1. The number of esters is 1. The molecule has 0 unspecified atom stereocenters. The third-order valence-electron chi connectivity index (χ3n) is 5.59. The molecule has 1 fully saturated rings. The highest BCUT2D eigenvalue weighted by Gasteiger charge is 2.40. The molecule has 0 radical (unpaired) electrons. The molecular weight excluding hydrogens is 547 g/mol. The van der Waals surface area contributed by atoms with E-state index in [1.165, 1.54) is 16.9 Å². The van der Waals surface area contributed by atoms with Gasteiger partial charge in [-0.15, -0.1) is 0 Å². The normalized spacial score (nSPS) is 14.3. The second-order valence-corrected chi connectivity index (χ2v) is 9.39. The Hall–Kier alpha value is -3.59. The summed E-state index contributed by atoms with van der Waals surface area (Å²) in [5, 5.41) is 1.30. The van der Waals surface area contributed by atoms with Gasteiger partial charge in [0.05, 0.1) is 19.4 Å². The zero-order chi connectivity index (χ0) is 27.2. The monoisotopic (exact) mass is 570 g/mol. The number of carbonyl (C=O) groups excluding carboxylic acids is 2. The van der Waals surface area contributed by atoms with E-state index in [1.54, 1.807) is 54.6 Å². The van der Waals surface area contributed by atoms with Crippen LogP contribution in [0.1, 0.15) is 18.1 Å². The average molecular weight is 571 g/mol. The summed E-state index contributed by atoms with van der Waals surface area (Å²) in [4.78, 5) is 28.5. The summed E-state index contributed by atoms with van der Waals surface area (Å²) in [5.41, 5.74) is 2.31. The van der Waals surface area contributed by atoms with Crippen molar-refractivity contribution in [3.63, 3.8) is 0 Å². The molecule has 0 atom stereocenters. The highest BCUT2D eigenvalue weighted by molar-refractivity contribution is 7.80. The first-order valence-electron chi connectivity index (χ1n) is 11.6. The average Bonchev–Trinajstić information content (AvgIpc) is 3.12. The maximum atomic E-state index is 13.5. The standard InChI is InChI=1S/C28H24Cl2N2O5S/c1-3-36-25-15-18(7-12-24(25)37-17-19-5-4-6-21(30)13-19)14-23-27(34)32(22-10-8-20(29)9-11-22)28(38)31(23)16-26(33)35-2/h4-15H,3,16-17H2,1-2H3/b23-14-. The summed E-state index contributed by atoms with van der Waals surface area (Å²) in [6.45, 7) is 2.36. The van der Waals surface area contributed by atoms with Gasteiger partial charge in [0.15, 0.2) is 16.6 Å². The summed E-state index contributed by atoms with van der Waals surface area (Å²) >= 11 is 17.7. The molecule has 0 aliphatic carbocycles. The summed E-state index contributed by atoms with van der Waals surface area (Å²) in [6.07, 6.45) is 1.65. The van der Waals surface area contributed by atoms with E-state index in [9.17, 15) is 9.59 Å². The highest BCUT2D eigenvalue weighted by atomic mass is 35.5. The van der Waals surface area contributed by atoms with Gasteiger partial charge in [-0.25, -0.2) is 0 Å². The molecule has 38 heavy (non-hydrogen) atoms. The van der Waals surface area contributed by atoms with Crippen molar-refractivity contribution in [1.82, 2.24) is 4.90 Å². The largest absolute Gasteiger partial charge is 0.490 e. The van der Waals surface area contributed by atoms with E-state index in [0.717, 1.165) is 5.56 Å². The predicted molar refractivity (Wildman–Crippen MR) is 152 cm³/mol. The number of hydrogen-bond donors (Lipinski definition) is 0. The van der Waals surface area contributed by atoms with Gasteiger partial charge in [-0.2, -0.15) is 0 Å². The van der Waals surface area contributed by atoms with E-state index in [-0.39, 0.29) is 23.3 Å². The van der Waals surface area contributed by atoms with Crippen LogP contribution < -0.4 is 14.4 Å². The Kier molecular flexibility index (Phi) is 8.89. The maximum Gasteiger partial charge on any atom is 0.325 e. The van der Waals surface area contributed by atoms with Crippen molar-refractivity contribution in [2.24, 2.45) is 0 Å². The zero-order valence-electron chi connectivity index (χ0n) is 20.6. The van der Waals surface area contributed by atoms with Gasteiger partial charge >= 0.3 is 5.97 Å². The van der Waals surface area contributed by atoms with E-state index in [1.807, 2.05) is 25.1 Å². The molecule has 1 heterocycles. The lowest BCUT2D eigenvalue weighted by molar-refractivity contribution is -0.140. The number of hydrogen-bond acceptors (Lipinski definition) is 6. The molecule has 1 aliphatic heterocycles. The first kappa shape index (κ1) is 27.4. The van der Waals surface area contributed by atoms with Gasteiger partial charge in [0.2, 0.25) is 0 Å². The Morgan fingerprint density at radius 3 is 2.42 bits per heavy atom. The molecule has 3 aromatic carbocycles. The van der Waals surface area contributed by atoms with Crippen molar-refractivity contribution in [1.29, 1.82) is 0 Å². The topological polar surface area (TPSA) is 68.3 Å². The minimum absolute atomic E-state index is 0.153. The fourth-order valence-corrected chi connectivity index (χ4v) is 4.48. The summed E-state index contributed by atoms with van der Waals surface area (Å²) in [6, 6.07) is 19.4. The molecule has 0 aromatic heterocycles. The maximum absolute atomic E-state index is 13.5. The lowest BCUT2D eigenvalue weighted by Crippen LogP contribution is -2.35. The molecular formula is C28H24Cl2N2O5S. The first-order valence-corrected chi connectivity index (χ1v) is 12.8. The van der Waals surface area contributed by atoms with Crippen LogP contribution in [0.2, 0.25) is 10.0 Å². The Labute approximate surface area is 236 Å². The molecule has 0 saturated carbocycles. The van der Waals surface area contributed by atoms with Gasteiger partial charge in [0, 0.05) is 10.0 Å². The minimum Gasteiger partial charge on any atom is -0.490 e. The van der Waals surface area contributed by atoms with Gasteiger partial charge in [-0.3, -0.25) is 14.5 Å². The van der Waals surface area contributed by atoms with E-state index in [0.29, 0.717) is 46.0 Å². The van der Waals surface area contributed by atoms with Crippen molar-refractivity contribution in [3.8, 4) is 11.5 Å². The number of amides is 1. The quantitative estimate of drug-likeness (QED) is 0.174. The summed E-state index contributed by atoms with van der Waals surface area (Å²) in [7, 11) is 1.28. The van der Waals surface area contributed by atoms with Crippen molar-refractivity contribution >= 4 is 64.2 Å². The van der Waals surface area contributed by atoms with Crippen LogP contribution in [0.15, 0.2) is 72.4 Å². The van der Waals surface area contributed by atoms with E-state index >= 15 is 0 Å². The van der Waals surface area contributed by atoms with Crippen molar-refractivity contribution in [2.75, 3.05) is 25.2 Å². The predicted octanol–water partition coefficient (Wildman–Crippen LogP) is 6.12. The second-order valence-electron chi connectivity index (χ2n) is 8.15.